The summed E-state index contributed by atoms with van der Waals surface area (Å²) in [6, 6.07) is 15.6. The predicted molar refractivity (Wildman–Crippen MR) is 98.1 cm³/mol. The first-order chi connectivity index (χ1) is 13.3. The Hall–Kier alpha value is -4.13. The number of aromatic hydroxyl groups is 3. The summed E-state index contributed by atoms with van der Waals surface area (Å²) in [7, 11) is 0. The van der Waals surface area contributed by atoms with Gasteiger partial charge in [-0.2, -0.15) is 0 Å². The maximum Gasteiger partial charge on any atom is 0.335 e. The van der Waals surface area contributed by atoms with Crippen molar-refractivity contribution in [1.82, 2.24) is 0 Å². The number of benzene rings is 3. The van der Waals surface area contributed by atoms with Gasteiger partial charge < -0.3 is 20.4 Å². The van der Waals surface area contributed by atoms with Crippen molar-refractivity contribution in [2.45, 2.75) is 0 Å². The van der Waals surface area contributed by atoms with E-state index in [9.17, 15) is 14.4 Å². The molecular weight excluding hydrogens is 364 g/mol. The lowest BCUT2D eigenvalue weighted by Gasteiger charge is -2.16. The number of phenolic OH excluding ortho intramolecular Hbond substituents is 3. The number of carbonyl (C=O) groups is 3. The van der Waals surface area contributed by atoms with Gasteiger partial charge in [-0.05, 0) is 12.1 Å². The van der Waals surface area contributed by atoms with Gasteiger partial charge in [-0.15, -0.1) is 0 Å². The van der Waals surface area contributed by atoms with Crippen LogP contribution >= 0.6 is 0 Å². The zero-order chi connectivity index (χ0) is 20.4. The monoisotopic (exact) mass is 378 g/mol. The number of aromatic carboxylic acids is 1. The van der Waals surface area contributed by atoms with Gasteiger partial charge >= 0.3 is 5.97 Å². The lowest BCUT2D eigenvalue weighted by molar-refractivity contribution is 0.0695. The number of hydrogen-bond donors (Lipinski definition) is 4. The van der Waals surface area contributed by atoms with Crippen LogP contribution in [0.5, 0.6) is 17.2 Å². The number of ketones is 2. The van der Waals surface area contributed by atoms with E-state index in [1.54, 1.807) is 48.5 Å². The van der Waals surface area contributed by atoms with Gasteiger partial charge in [-0.25, -0.2) is 4.79 Å². The molecule has 0 spiro atoms. The number of carbonyl (C=O) groups excluding carboxylic acids is 2. The average molecular weight is 378 g/mol. The van der Waals surface area contributed by atoms with E-state index in [4.69, 9.17) is 20.4 Å². The fraction of sp³-hybridized carbons (Fsp3) is 0. The van der Waals surface area contributed by atoms with Gasteiger partial charge in [0.15, 0.2) is 28.8 Å². The van der Waals surface area contributed by atoms with E-state index in [1.165, 1.54) is 0 Å². The maximum atomic E-state index is 12.1. The average Bonchev–Trinajstić information content (AvgIpc) is 2.70. The van der Waals surface area contributed by atoms with Crippen LogP contribution in [0, 0.1) is 0 Å². The molecule has 0 saturated heterocycles. The Morgan fingerprint density at radius 3 is 1.25 bits per heavy atom. The van der Waals surface area contributed by atoms with Crippen LogP contribution < -0.4 is 0 Å². The van der Waals surface area contributed by atoms with Crippen molar-refractivity contribution in [1.29, 1.82) is 0 Å². The number of hydrogen-bond acceptors (Lipinski definition) is 6. The van der Waals surface area contributed by atoms with Crippen molar-refractivity contribution in [3.8, 4) is 17.2 Å². The first-order valence-corrected chi connectivity index (χ1v) is 8.07. The van der Waals surface area contributed by atoms with Crippen LogP contribution in [0.4, 0.5) is 0 Å². The Morgan fingerprint density at radius 1 is 0.643 bits per heavy atom. The first kappa shape index (κ1) is 18.7. The third kappa shape index (κ3) is 3.28. The number of fused-ring (bicyclic) bond motifs is 2. The van der Waals surface area contributed by atoms with Gasteiger partial charge in [-0.3, -0.25) is 9.59 Å². The molecule has 0 aromatic heterocycles. The number of rotatable bonds is 1. The highest BCUT2D eigenvalue weighted by atomic mass is 16.4. The summed E-state index contributed by atoms with van der Waals surface area (Å²) in [5.41, 5.74) is 1.73. The van der Waals surface area contributed by atoms with Crippen molar-refractivity contribution in [3.63, 3.8) is 0 Å². The topological polar surface area (TPSA) is 132 Å². The van der Waals surface area contributed by atoms with Gasteiger partial charge in [0.05, 0.1) is 5.56 Å². The second kappa shape index (κ2) is 7.24. The van der Waals surface area contributed by atoms with Gasteiger partial charge in [-0.1, -0.05) is 48.5 Å². The molecule has 0 atom stereocenters. The van der Waals surface area contributed by atoms with Crippen LogP contribution in [-0.4, -0.2) is 38.0 Å². The normalized spacial score (nSPS) is 11.7. The summed E-state index contributed by atoms with van der Waals surface area (Å²) in [6.07, 6.45) is 0. The minimum atomic E-state index is -1.29. The fourth-order valence-electron chi connectivity index (χ4n) is 2.78. The molecule has 1 aliphatic rings. The van der Waals surface area contributed by atoms with E-state index < -0.39 is 23.2 Å². The van der Waals surface area contributed by atoms with Crippen LogP contribution in [0.15, 0.2) is 60.7 Å². The number of carboxylic acid groups (broad SMARTS) is 1. The minimum Gasteiger partial charge on any atom is -0.504 e. The first-order valence-electron chi connectivity index (χ1n) is 8.07. The van der Waals surface area contributed by atoms with Crippen molar-refractivity contribution in [2.24, 2.45) is 0 Å². The van der Waals surface area contributed by atoms with Gasteiger partial charge in [0.1, 0.15) is 0 Å². The molecular formula is C21H14O7. The summed E-state index contributed by atoms with van der Waals surface area (Å²) in [6.45, 7) is 0. The molecule has 0 fully saturated rings. The summed E-state index contributed by atoms with van der Waals surface area (Å²) in [4.78, 5) is 34.5. The highest BCUT2D eigenvalue weighted by Gasteiger charge is 2.28. The Labute approximate surface area is 158 Å². The van der Waals surface area contributed by atoms with Crippen LogP contribution in [0.1, 0.15) is 42.2 Å². The quantitative estimate of drug-likeness (QED) is 0.374. The minimum absolute atomic E-state index is 0.0641. The predicted octanol–water partition coefficient (Wildman–Crippen LogP) is 2.96. The molecule has 7 heteroatoms. The Balaban J connectivity index is 0.000000169. The molecule has 0 unspecified atom stereocenters. The molecule has 0 saturated carbocycles. The largest absolute Gasteiger partial charge is 0.504 e. The summed E-state index contributed by atoms with van der Waals surface area (Å²) < 4.78 is 0. The zero-order valence-corrected chi connectivity index (χ0v) is 14.3. The third-order valence-corrected chi connectivity index (χ3v) is 4.15. The van der Waals surface area contributed by atoms with Crippen LogP contribution in [0.2, 0.25) is 0 Å². The van der Waals surface area contributed by atoms with Gasteiger partial charge in [0, 0.05) is 22.3 Å². The van der Waals surface area contributed by atoms with Crippen LogP contribution in [0.3, 0.4) is 0 Å². The van der Waals surface area contributed by atoms with Crippen molar-refractivity contribution in [2.75, 3.05) is 0 Å². The molecule has 1 aliphatic carbocycles. The lowest BCUT2D eigenvalue weighted by atomic mass is 9.84. The van der Waals surface area contributed by atoms with Crippen molar-refractivity contribution in [3.05, 3.63) is 88.5 Å². The van der Waals surface area contributed by atoms with E-state index in [1.807, 2.05) is 0 Å². The third-order valence-electron chi connectivity index (χ3n) is 4.15. The molecule has 140 valence electrons. The molecule has 4 N–H and O–H groups in total. The molecule has 0 heterocycles. The van der Waals surface area contributed by atoms with E-state index in [-0.39, 0.29) is 17.1 Å². The molecule has 3 aromatic rings. The lowest BCUT2D eigenvalue weighted by Crippen LogP contribution is -2.20. The van der Waals surface area contributed by atoms with Crippen molar-refractivity contribution >= 4 is 17.5 Å². The Kier molecular flexibility index (Phi) is 4.82. The van der Waals surface area contributed by atoms with E-state index in [2.05, 4.69) is 0 Å². The molecule has 3 aromatic carbocycles. The highest BCUT2D eigenvalue weighted by Crippen LogP contribution is 2.35. The molecule has 28 heavy (non-hydrogen) atoms. The molecule has 0 bridgehead atoms. The van der Waals surface area contributed by atoms with E-state index in [0.717, 1.165) is 12.1 Å². The summed E-state index contributed by atoms with van der Waals surface area (Å²) in [5.74, 6) is -3.46. The summed E-state index contributed by atoms with van der Waals surface area (Å²) >= 11 is 0. The maximum absolute atomic E-state index is 12.1. The van der Waals surface area contributed by atoms with Crippen molar-refractivity contribution < 1.29 is 34.8 Å². The smallest absolute Gasteiger partial charge is 0.335 e. The molecule has 0 aliphatic heterocycles. The fourth-order valence-corrected chi connectivity index (χ4v) is 2.78. The Morgan fingerprint density at radius 2 is 0.964 bits per heavy atom. The molecule has 7 nitrogen and oxygen atoms in total. The SMILES string of the molecule is O=C(O)c1cc(O)c(O)c(O)c1.O=C1c2ccccc2C(=O)c2ccccc21. The number of phenols is 3. The van der Waals surface area contributed by atoms with E-state index >= 15 is 0 Å². The van der Waals surface area contributed by atoms with Crippen LogP contribution in [0.25, 0.3) is 0 Å². The van der Waals surface area contributed by atoms with Crippen LogP contribution in [-0.2, 0) is 0 Å². The molecule has 0 amide bonds. The van der Waals surface area contributed by atoms with Gasteiger partial charge in [0.2, 0.25) is 0 Å². The Bertz CT molecular complexity index is 987. The number of carboxylic acids is 1. The van der Waals surface area contributed by atoms with Gasteiger partial charge in [0.25, 0.3) is 0 Å². The summed E-state index contributed by atoms with van der Waals surface area (Å²) in [5, 5.41) is 35.0. The second-order valence-electron chi connectivity index (χ2n) is 5.92. The zero-order valence-electron chi connectivity index (χ0n) is 14.3. The molecule has 0 radical (unpaired) electrons. The van der Waals surface area contributed by atoms with E-state index in [0.29, 0.717) is 22.3 Å². The standard InChI is InChI=1S/C14H8O2.C7H6O5/c15-13-9-5-1-2-6-10(9)14(16)12-8-4-3-7-11(12)13;8-4-1-3(7(11)12)2-5(9)6(4)10/h1-8H;1-2,8-10H,(H,11,12). The highest BCUT2D eigenvalue weighted by molar-refractivity contribution is 6.28. The molecule has 4 rings (SSSR count). The second-order valence-corrected chi connectivity index (χ2v) is 5.92.